The Morgan fingerprint density at radius 1 is 1.25 bits per heavy atom. The molecule has 1 aliphatic carbocycles. The fourth-order valence-electron chi connectivity index (χ4n) is 6.04. The van der Waals surface area contributed by atoms with E-state index >= 15 is 0 Å². The third-order valence-electron chi connectivity index (χ3n) is 8.92. The van der Waals surface area contributed by atoms with E-state index in [2.05, 4.69) is 31.6 Å². The molecule has 14 heteroatoms. The van der Waals surface area contributed by atoms with Crippen molar-refractivity contribution in [3.63, 3.8) is 0 Å². The molecule has 0 bridgehead atoms. The van der Waals surface area contributed by atoms with Crippen LogP contribution in [-0.2, 0) is 26.5 Å². The van der Waals surface area contributed by atoms with Gasteiger partial charge in [-0.25, -0.2) is 9.97 Å². The summed E-state index contributed by atoms with van der Waals surface area (Å²) in [6.45, 7) is 7.06. The summed E-state index contributed by atoms with van der Waals surface area (Å²) in [5.41, 5.74) is 2.28. The Balaban J connectivity index is 1.13. The Bertz CT molecular complexity index is 1600. The number of benzene rings is 1. The molecule has 1 spiro atoms. The Morgan fingerprint density at radius 2 is 2.02 bits per heavy atom. The molecular weight excluding hydrogens is 613 g/mol. The van der Waals surface area contributed by atoms with E-state index in [0.29, 0.717) is 34.3 Å². The molecular formula is C30H33F3N6O3S2. The summed E-state index contributed by atoms with van der Waals surface area (Å²) < 4.78 is 60.7. The van der Waals surface area contributed by atoms with Crippen LogP contribution >= 0.6 is 11.3 Å². The molecule has 4 aliphatic rings. The fourth-order valence-corrected chi connectivity index (χ4v) is 8.60. The zero-order valence-corrected chi connectivity index (χ0v) is 25.8. The van der Waals surface area contributed by atoms with E-state index in [4.69, 9.17) is 4.74 Å². The van der Waals surface area contributed by atoms with Crippen LogP contribution in [0.3, 0.4) is 0 Å². The van der Waals surface area contributed by atoms with Gasteiger partial charge in [0.15, 0.2) is 0 Å². The highest BCUT2D eigenvalue weighted by molar-refractivity contribution is 7.85. The van der Waals surface area contributed by atoms with Gasteiger partial charge in [-0.05, 0) is 55.5 Å². The average Bonchev–Trinajstić information content (AvgIpc) is 3.69. The van der Waals surface area contributed by atoms with Gasteiger partial charge < -0.3 is 25.2 Å². The fraction of sp³-hybridized carbons (Fsp3) is 0.500. The third-order valence-corrected chi connectivity index (χ3v) is 11.6. The number of anilines is 3. The molecule has 44 heavy (non-hydrogen) atoms. The summed E-state index contributed by atoms with van der Waals surface area (Å²) in [7, 11) is -1.51. The highest BCUT2D eigenvalue weighted by Gasteiger charge is 2.47. The van der Waals surface area contributed by atoms with Gasteiger partial charge in [-0.15, -0.1) is 11.3 Å². The number of aromatic nitrogens is 2. The molecule has 1 saturated carbocycles. The van der Waals surface area contributed by atoms with Crippen molar-refractivity contribution in [1.82, 2.24) is 20.2 Å². The summed E-state index contributed by atoms with van der Waals surface area (Å²) in [6, 6.07) is 7.71. The lowest BCUT2D eigenvalue weighted by Gasteiger charge is -2.57. The molecule has 9 nitrogen and oxygen atoms in total. The quantitative estimate of drug-likeness (QED) is 0.294. The minimum Gasteiger partial charge on any atom is -0.377 e. The number of carbonyl (C=O) groups is 1. The number of nitrogens with one attached hydrogen (secondary N) is 2. The Hall–Kier alpha value is -3.07. The van der Waals surface area contributed by atoms with E-state index in [9.17, 15) is 22.2 Å². The largest absolute Gasteiger partial charge is 0.420 e. The van der Waals surface area contributed by atoms with Gasteiger partial charge in [0.1, 0.15) is 5.56 Å². The van der Waals surface area contributed by atoms with Gasteiger partial charge >= 0.3 is 6.18 Å². The van der Waals surface area contributed by atoms with Crippen molar-refractivity contribution in [3.8, 4) is 10.6 Å². The topological polar surface area (TPSA) is 99.7 Å². The van der Waals surface area contributed by atoms with E-state index < -0.39 is 22.5 Å². The van der Waals surface area contributed by atoms with Crippen LogP contribution < -0.4 is 15.5 Å². The molecule has 3 aromatic rings. The number of hydrogen-bond donors (Lipinski definition) is 2. The number of aryl methyl sites for hydroxylation is 1. The summed E-state index contributed by atoms with van der Waals surface area (Å²) >= 11 is 1.12. The predicted molar refractivity (Wildman–Crippen MR) is 163 cm³/mol. The smallest absolute Gasteiger partial charge is 0.377 e. The Morgan fingerprint density at radius 3 is 2.64 bits per heavy atom. The zero-order chi connectivity index (χ0) is 30.6. The Labute approximate surface area is 259 Å². The molecule has 1 amide bonds. The number of amides is 1. The molecule has 1 aromatic carbocycles. The van der Waals surface area contributed by atoms with Crippen LogP contribution in [0, 0.1) is 12.3 Å². The van der Waals surface area contributed by atoms with Gasteiger partial charge in [0, 0.05) is 66.3 Å². The lowest BCUT2D eigenvalue weighted by molar-refractivity contribution is -0.137. The van der Waals surface area contributed by atoms with Gasteiger partial charge in [0.05, 0.1) is 45.5 Å². The van der Waals surface area contributed by atoms with Crippen LogP contribution in [0.4, 0.5) is 30.5 Å². The van der Waals surface area contributed by atoms with Crippen LogP contribution in [-0.4, -0.2) is 83.2 Å². The second-order valence-electron chi connectivity index (χ2n) is 12.2. The molecule has 3 saturated heterocycles. The summed E-state index contributed by atoms with van der Waals surface area (Å²) in [5, 5.41) is 6.56. The minimum atomic E-state index is -4.67. The van der Waals surface area contributed by atoms with Crippen molar-refractivity contribution >= 4 is 45.9 Å². The first-order valence-electron chi connectivity index (χ1n) is 14.7. The van der Waals surface area contributed by atoms with Crippen molar-refractivity contribution in [3.05, 3.63) is 46.5 Å². The molecule has 0 radical (unpaired) electrons. The lowest BCUT2D eigenvalue weighted by atomic mass is 9.74. The molecule has 7 rings (SSSR count). The summed E-state index contributed by atoms with van der Waals surface area (Å²) in [6.07, 6.45) is -1.00. The SMILES string of the molecule is Cc1sc(-c2nc(Nc3ccc(N4CC5(CNC5)C4)cc3C3CC3)ncc2C(F)(F)F)cc1S(=O)CCN(C=O)C1COC1. The van der Waals surface area contributed by atoms with Crippen molar-refractivity contribution < 1.29 is 26.9 Å². The number of alkyl halides is 3. The van der Waals surface area contributed by atoms with Gasteiger partial charge in [-0.3, -0.25) is 9.00 Å². The molecule has 1 unspecified atom stereocenters. The summed E-state index contributed by atoms with van der Waals surface area (Å²) in [5.74, 6) is 0.644. The number of ether oxygens (including phenoxy) is 1. The van der Waals surface area contributed by atoms with Gasteiger partial charge in [-0.2, -0.15) is 13.2 Å². The van der Waals surface area contributed by atoms with Crippen LogP contribution in [0.15, 0.2) is 35.4 Å². The van der Waals surface area contributed by atoms with E-state index in [1.54, 1.807) is 11.8 Å². The Kier molecular flexibility index (Phi) is 7.66. The highest BCUT2D eigenvalue weighted by atomic mass is 32.2. The first-order valence-corrected chi connectivity index (χ1v) is 16.8. The van der Waals surface area contributed by atoms with E-state index in [-0.39, 0.29) is 34.9 Å². The van der Waals surface area contributed by atoms with Crippen molar-refractivity contribution in [2.45, 2.75) is 42.8 Å². The maximum atomic E-state index is 14.1. The predicted octanol–water partition coefficient (Wildman–Crippen LogP) is 4.53. The number of hydrogen-bond acceptors (Lipinski definition) is 9. The van der Waals surface area contributed by atoms with E-state index in [1.165, 1.54) is 6.07 Å². The molecule has 2 N–H and O–H groups in total. The molecule has 2 aromatic heterocycles. The van der Waals surface area contributed by atoms with Crippen molar-refractivity contribution in [1.29, 1.82) is 0 Å². The molecule has 3 aliphatic heterocycles. The maximum absolute atomic E-state index is 14.1. The second-order valence-corrected chi connectivity index (χ2v) is 15.0. The maximum Gasteiger partial charge on any atom is 0.420 e. The van der Waals surface area contributed by atoms with Crippen LogP contribution in [0.2, 0.25) is 0 Å². The van der Waals surface area contributed by atoms with Crippen molar-refractivity contribution in [2.24, 2.45) is 5.41 Å². The third kappa shape index (κ3) is 5.72. The second kappa shape index (κ2) is 11.4. The number of thiophene rings is 1. The van der Waals surface area contributed by atoms with Crippen LogP contribution in [0.5, 0.6) is 0 Å². The molecule has 1 atom stereocenters. The van der Waals surface area contributed by atoms with Crippen LogP contribution in [0.1, 0.15) is 34.8 Å². The first kappa shape index (κ1) is 29.6. The number of halogens is 3. The highest BCUT2D eigenvalue weighted by Crippen LogP contribution is 2.47. The van der Waals surface area contributed by atoms with E-state index in [1.807, 2.05) is 12.1 Å². The van der Waals surface area contributed by atoms with Crippen LogP contribution in [0.25, 0.3) is 10.6 Å². The average molecular weight is 647 g/mol. The monoisotopic (exact) mass is 646 g/mol. The molecule has 4 fully saturated rings. The normalized spacial score (nSPS) is 20.0. The standard InChI is InChI=1S/C30H33F3N6O3S2/c1-18-26(44(41)7-6-38(17-40)21-11-42-12-21)9-25(43-18)27-23(30(31,32)33)10-35-28(37-27)36-24-5-4-20(8-22(24)19-2-3-19)39-15-29(16-39)13-34-14-29/h4-5,8-10,17,19,21,34H,2-3,6-7,11-16H2,1H3,(H,35,36,37). The zero-order valence-electron chi connectivity index (χ0n) is 24.2. The minimum absolute atomic E-state index is 0.0331. The van der Waals surface area contributed by atoms with Gasteiger partial charge in [-0.1, -0.05) is 0 Å². The lowest BCUT2D eigenvalue weighted by Crippen LogP contribution is -2.71. The van der Waals surface area contributed by atoms with E-state index in [0.717, 1.165) is 79.9 Å². The number of nitrogens with zero attached hydrogens (tertiary/aromatic N) is 4. The molecule has 5 heterocycles. The number of rotatable bonds is 11. The van der Waals surface area contributed by atoms with Gasteiger partial charge in [0.25, 0.3) is 0 Å². The van der Waals surface area contributed by atoms with Gasteiger partial charge in [0.2, 0.25) is 12.4 Å². The molecule has 234 valence electrons. The summed E-state index contributed by atoms with van der Waals surface area (Å²) in [4.78, 5) is 25.2. The van der Waals surface area contributed by atoms with Crippen molar-refractivity contribution in [2.75, 3.05) is 61.9 Å². The first-order chi connectivity index (χ1) is 21.1. The number of carbonyl (C=O) groups excluding carboxylic acids is 1.